The van der Waals surface area contributed by atoms with E-state index in [9.17, 15) is 4.79 Å². The molecule has 2 rings (SSSR count). The third-order valence-electron chi connectivity index (χ3n) is 3.14. The van der Waals surface area contributed by atoms with Crippen LogP contribution in [-0.4, -0.2) is 18.4 Å². The van der Waals surface area contributed by atoms with Gasteiger partial charge in [-0.1, -0.05) is 36.8 Å². The van der Waals surface area contributed by atoms with Gasteiger partial charge in [0, 0.05) is 6.54 Å². The summed E-state index contributed by atoms with van der Waals surface area (Å²) in [4.78, 5) is 16.4. The Morgan fingerprint density at radius 2 is 2.17 bits per heavy atom. The number of amides is 1. The van der Waals surface area contributed by atoms with Gasteiger partial charge in [-0.3, -0.25) is 15.1 Å². The van der Waals surface area contributed by atoms with Crippen LogP contribution in [-0.2, 0) is 10.3 Å². The molecule has 1 unspecified atom stereocenters. The lowest BCUT2D eigenvalue weighted by Crippen LogP contribution is -2.40. The third-order valence-corrected chi connectivity index (χ3v) is 3.14. The molecule has 1 aromatic carbocycles. The second-order valence-corrected chi connectivity index (χ2v) is 4.80. The van der Waals surface area contributed by atoms with E-state index >= 15 is 0 Å². The molecule has 1 aliphatic rings. The number of guanidine groups is 1. The van der Waals surface area contributed by atoms with Crippen LogP contribution in [0.3, 0.4) is 0 Å². The Balaban J connectivity index is 2.29. The minimum absolute atomic E-state index is 0.0528. The Hall–Kier alpha value is -1.84. The number of benzene rings is 1. The number of hydrogen-bond acceptors (Lipinski definition) is 2. The van der Waals surface area contributed by atoms with Crippen molar-refractivity contribution in [1.29, 1.82) is 0 Å². The second kappa shape index (κ2) is 4.80. The molecular formula is C14H19N3O. The van der Waals surface area contributed by atoms with Crippen LogP contribution in [0.5, 0.6) is 0 Å². The molecule has 1 aromatic rings. The van der Waals surface area contributed by atoms with E-state index in [0.29, 0.717) is 12.5 Å². The first-order chi connectivity index (χ1) is 8.56. The summed E-state index contributed by atoms with van der Waals surface area (Å²) in [6.07, 6.45) is 0.961. The van der Waals surface area contributed by atoms with Gasteiger partial charge < -0.3 is 5.32 Å². The normalized spacial score (nSPS) is 25.1. The molecule has 96 valence electrons. The summed E-state index contributed by atoms with van der Waals surface area (Å²) >= 11 is 0. The Morgan fingerprint density at radius 3 is 2.83 bits per heavy atom. The largest absolute Gasteiger partial charge is 0.338 e. The first-order valence-electron chi connectivity index (χ1n) is 6.27. The van der Waals surface area contributed by atoms with Crippen LogP contribution >= 0.6 is 0 Å². The van der Waals surface area contributed by atoms with Crippen LogP contribution in [0.15, 0.2) is 29.3 Å². The van der Waals surface area contributed by atoms with Crippen molar-refractivity contribution in [3.05, 3.63) is 35.4 Å². The minimum Gasteiger partial charge on any atom is -0.338 e. The van der Waals surface area contributed by atoms with Crippen molar-refractivity contribution in [3.8, 4) is 0 Å². The monoisotopic (exact) mass is 245 g/mol. The van der Waals surface area contributed by atoms with E-state index in [1.54, 1.807) is 0 Å². The van der Waals surface area contributed by atoms with Crippen LogP contribution in [0.1, 0.15) is 31.4 Å². The number of nitrogens with zero attached hydrogens (tertiary/aromatic N) is 1. The maximum absolute atomic E-state index is 12.1. The first kappa shape index (κ1) is 12.6. The lowest BCUT2D eigenvalue weighted by atomic mass is 9.91. The van der Waals surface area contributed by atoms with Crippen LogP contribution in [0.25, 0.3) is 0 Å². The molecule has 18 heavy (non-hydrogen) atoms. The average molecular weight is 245 g/mol. The number of nitrogens with one attached hydrogen (secondary N) is 2. The van der Waals surface area contributed by atoms with Gasteiger partial charge in [-0.2, -0.15) is 0 Å². The van der Waals surface area contributed by atoms with Crippen LogP contribution in [0.2, 0.25) is 0 Å². The van der Waals surface area contributed by atoms with Crippen molar-refractivity contribution in [2.75, 3.05) is 6.54 Å². The molecule has 0 aliphatic carbocycles. The highest BCUT2D eigenvalue weighted by Crippen LogP contribution is 2.24. The number of carbonyl (C=O) groups excluding carboxylic acids is 1. The lowest BCUT2D eigenvalue weighted by molar-refractivity contribution is -0.123. The van der Waals surface area contributed by atoms with Gasteiger partial charge >= 0.3 is 0 Å². The molecule has 1 aliphatic heterocycles. The van der Waals surface area contributed by atoms with Crippen molar-refractivity contribution in [3.63, 3.8) is 0 Å². The molecule has 4 heteroatoms. The van der Waals surface area contributed by atoms with Gasteiger partial charge in [0.05, 0.1) is 0 Å². The summed E-state index contributed by atoms with van der Waals surface area (Å²) in [5, 5.41) is 5.98. The average Bonchev–Trinajstić information content (AvgIpc) is 2.64. The summed E-state index contributed by atoms with van der Waals surface area (Å²) in [5.41, 5.74) is 1.38. The fourth-order valence-electron chi connectivity index (χ4n) is 2.02. The summed E-state index contributed by atoms with van der Waals surface area (Å²) in [7, 11) is 0. The highest BCUT2D eigenvalue weighted by atomic mass is 16.2. The standard InChI is InChI=1S/C14H19N3O/c1-4-8-15-13-16-12(18)14(3,17-13)11-7-5-6-10(2)9-11/h5-7,9H,4,8H2,1-3H3,(H2,15,16,17,18). The molecule has 2 N–H and O–H groups in total. The molecule has 1 fully saturated rings. The molecule has 0 radical (unpaired) electrons. The zero-order chi connectivity index (χ0) is 13.2. The molecule has 4 nitrogen and oxygen atoms in total. The van der Waals surface area contributed by atoms with E-state index in [2.05, 4.69) is 22.5 Å². The number of aryl methyl sites for hydroxylation is 1. The summed E-state index contributed by atoms with van der Waals surface area (Å²) in [6.45, 7) is 6.67. The van der Waals surface area contributed by atoms with E-state index in [4.69, 9.17) is 0 Å². The van der Waals surface area contributed by atoms with E-state index in [1.165, 1.54) is 0 Å². The van der Waals surface area contributed by atoms with E-state index in [0.717, 1.165) is 17.5 Å². The number of aliphatic imine (C=N–C) groups is 1. The van der Waals surface area contributed by atoms with Gasteiger partial charge in [0.15, 0.2) is 5.96 Å². The Kier molecular flexibility index (Phi) is 3.36. The van der Waals surface area contributed by atoms with Crippen molar-refractivity contribution in [2.24, 2.45) is 4.99 Å². The van der Waals surface area contributed by atoms with Gasteiger partial charge in [0.2, 0.25) is 0 Å². The number of rotatable bonds is 3. The zero-order valence-corrected chi connectivity index (χ0v) is 11.1. The third kappa shape index (κ3) is 2.23. The molecule has 0 bridgehead atoms. The quantitative estimate of drug-likeness (QED) is 0.851. The second-order valence-electron chi connectivity index (χ2n) is 4.80. The van der Waals surface area contributed by atoms with E-state index < -0.39 is 5.54 Å². The molecule has 0 aromatic heterocycles. The number of carbonyl (C=O) groups is 1. The van der Waals surface area contributed by atoms with Crippen molar-refractivity contribution >= 4 is 11.9 Å². The SMILES string of the molecule is CCCN=C1NC(=O)C(C)(c2cccc(C)c2)N1. The summed E-state index contributed by atoms with van der Waals surface area (Å²) in [5.74, 6) is 0.522. The smallest absolute Gasteiger partial charge is 0.256 e. The zero-order valence-electron chi connectivity index (χ0n) is 11.1. The lowest BCUT2D eigenvalue weighted by Gasteiger charge is -2.22. The van der Waals surface area contributed by atoms with Gasteiger partial charge in [0.25, 0.3) is 5.91 Å². The minimum atomic E-state index is -0.724. The molecule has 0 saturated carbocycles. The molecule has 1 saturated heterocycles. The maximum atomic E-state index is 12.1. The van der Waals surface area contributed by atoms with Crippen molar-refractivity contribution in [2.45, 2.75) is 32.7 Å². The molecule has 1 amide bonds. The van der Waals surface area contributed by atoms with Crippen molar-refractivity contribution in [1.82, 2.24) is 10.6 Å². The predicted octanol–water partition coefficient (Wildman–Crippen LogP) is 1.70. The van der Waals surface area contributed by atoms with Gasteiger partial charge in [-0.05, 0) is 25.8 Å². The summed E-state index contributed by atoms with van der Waals surface area (Å²) in [6, 6.07) is 7.97. The highest BCUT2D eigenvalue weighted by Gasteiger charge is 2.42. The van der Waals surface area contributed by atoms with Crippen LogP contribution in [0, 0.1) is 6.92 Å². The van der Waals surface area contributed by atoms with Gasteiger partial charge in [-0.25, -0.2) is 0 Å². The Labute approximate surface area is 108 Å². The highest BCUT2D eigenvalue weighted by molar-refractivity contribution is 6.09. The maximum Gasteiger partial charge on any atom is 0.256 e. The predicted molar refractivity (Wildman–Crippen MR) is 72.4 cm³/mol. The van der Waals surface area contributed by atoms with Gasteiger partial charge in [-0.15, -0.1) is 0 Å². The van der Waals surface area contributed by atoms with Gasteiger partial charge in [0.1, 0.15) is 5.54 Å². The molecular weight excluding hydrogens is 226 g/mol. The number of hydrogen-bond donors (Lipinski definition) is 2. The molecule has 1 atom stereocenters. The molecule has 1 heterocycles. The molecule has 0 spiro atoms. The fraction of sp³-hybridized carbons (Fsp3) is 0.429. The fourth-order valence-corrected chi connectivity index (χ4v) is 2.02. The topological polar surface area (TPSA) is 53.5 Å². The Morgan fingerprint density at radius 1 is 1.39 bits per heavy atom. The van der Waals surface area contributed by atoms with E-state index in [1.807, 2.05) is 38.1 Å². The Bertz CT molecular complexity index is 496. The first-order valence-corrected chi connectivity index (χ1v) is 6.27. The van der Waals surface area contributed by atoms with Crippen LogP contribution < -0.4 is 10.6 Å². The van der Waals surface area contributed by atoms with E-state index in [-0.39, 0.29) is 5.91 Å². The summed E-state index contributed by atoms with van der Waals surface area (Å²) < 4.78 is 0. The van der Waals surface area contributed by atoms with Crippen LogP contribution in [0.4, 0.5) is 0 Å². The van der Waals surface area contributed by atoms with Crippen molar-refractivity contribution < 1.29 is 4.79 Å².